The molecule has 3 N–H and O–H groups in total. The normalized spacial score (nSPS) is 10.6. The molecule has 14 heavy (non-hydrogen) atoms. The van der Waals surface area contributed by atoms with Crippen molar-refractivity contribution in [3.05, 3.63) is 29.3 Å². The molecular formula is C11H16N2S. The predicted molar refractivity (Wildman–Crippen MR) is 63.2 cm³/mol. The molecule has 0 heterocycles. The quantitative estimate of drug-likeness (QED) is 0.456. The summed E-state index contributed by atoms with van der Waals surface area (Å²) in [4.78, 5) is 1.10. The zero-order valence-electron chi connectivity index (χ0n) is 8.79. The maximum Gasteiger partial charge on any atom is 0.123 e. The molecule has 1 aromatic rings. The van der Waals surface area contributed by atoms with Gasteiger partial charge in [-0.15, -0.1) is 11.8 Å². The highest BCUT2D eigenvalue weighted by Gasteiger charge is 2.07. The molecule has 0 saturated heterocycles. The van der Waals surface area contributed by atoms with Crippen LogP contribution in [0.3, 0.4) is 0 Å². The Hall–Kier alpha value is -0.960. The van der Waals surface area contributed by atoms with Crippen LogP contribution in [-0.4, -0.2) is 11.1 Å². The molecular weight excluding hydrogens is 192 g/mol. The summed E-state index contributed by atoms with van der Waals surface area (Å²) in [6.45, 7) is 6.32. The van der Waals surface area contributed by atoms with Crippen molar-refractivity contribution in [2.45, 2.75) is 30.9 Å². The first kappa shape index (κ1) is 11.1. The van der Waals surface area contributed by atoms with Crippen LogP contribution in [0, 0.1) is 12.3 Å². The van der Waals surface area contributed by atoms with Gasteiger partial charge in [-0.05, 0) is 24.6 Å². The van der Waals surface area contributed by atoms with Crippen molar-refractivity contribution in [2.75, 3.05) is 0 Å². The molecule has 1 aromatic carbocycles. The van der Waals surface area contributed by atoms with E-state index in [4.69, 9.17) is 11.1 Å². The summed E-state index contributed by atoms with van der Waals surface area (Å²) in [5, 5.41) is 7.96. The topological polar surface area (TPSA) is 49.9 Å². The van der Waals surface area contributed by atoms with Gasteiger partial charge in [0.1, 0.15) is 5.84 Å². The Bertz CT molecular complexity index is 345. The van der Waals surface area contributed by atoms with E-state index in [0.717, 1.165) is 10.5 Å². The van der Waals surface area contributed by atoms with Crippen LogP contribution in [0.15, 0.2) is 23.1 Å². The molecule has 0 aromatic heterocycles. The van der Waals surface area contributed by atoms with Gasteiger partial charge < -0.3 is 5.73 Å². The lowest BCUT2D eigenvalue weighted by atomic mass is 10.1. The maximum absolute atomic E-state index is 7.46. The molecule has 3 heteroatoms. The van der Waals surface area contributed by atoms with Crippen molar-refractivity contribution in [1.29, 1.82) is 5.41 Å². The zero-order valence-corrected chi connectivity index (χ0v) is 9.61. The second-order valence-corrected chi connectivity index (χ2v) is 5.20. The highest BCUT2D eigenvalue weighted by atomic mass is 32.2. The fourth-order valence-corrected chi connectivity index (χ4v) is 2.27. The third-order valence-electron chi connectivity index (χ3n) is 1.79. The van der Waals surface area contributed by atoms with Crippen molar-refractivity contribution >= 4 is 17.6 Å². The molecule has 0 aliphatic rings. The molecule has 76 valence electrons. The second kappa shape index (κ2) is 4.51. The van der Waals surface area contributed by atoms with Crippen LogP contribution in [-0.2, 0) is 0 Å². The van der Waals surface area contributed by atoms with E-state index in [1.165, 1.54) is 5.56 Å². The Morgan fingerprint density at radius 2 is 2.07 bits per heavy atom. The molecule has 2 nitrogen and oxygen atoms in total. The standard InChI is InChI=1S/C11H16N2S/c1-7(2)14-10-6-8(3)4-5-9(10)11(12)13/h4-7H,1-3H3,(H3,12,13). The lowest BCUT2D eigenvalue weighted by Crippen LogP contribution is -2.12. The lowest BCUT2D eigenvalue weighted by molar-refractivity contribution is 1.11. The predicted octanol–water partition coefficient (Wildman–Crippen LogP) is 2.78. The van der Waals surface area contributed by atoms with Crippen molar-refractivity contribution in [3.63, 3.8) is 0 Å². The number of hydrogen-bond donors (Lipinski definition) is 2. The number of nitrogens with one attached hydrogen (secondary N) is 1. The van der Waals surface area contributed by atoms with Crippen LogP contribution in [0.25, 0.3) is 0 Å². The van der Waals surface area contributed by atoms with Crippen molar-refractivity contribution < 1.29 is 0 Å². The van der Waals surface area contributed by atoms with Gasteiger partial charge in [-0.1, -0.05) is 19.9 Å². The van der Waals surface area contributed by atoms with Crippen LogP contribution < -0.4 is 5.73 Å². The van der Waals surface area contributed by atoms with Gasteiger partial charge in [0.2, 0.25) is 0 Å². The minimum Gasteiger partial charge on any atom is -0.384 e. The Morgan fingerprint density at radius 1 is 1.43 bits per heavy atom. The Morgan fingerprint density at radius 3 is 2.57 bits per heavy atom. The number of aryl methyl sites for hydroxylation is 1. The van der Waals surface area contributed by atoms with E-state index in [0.29, 0.717) is 5.25 Å². The number of nitrogen functional groups attached to an aromatic ring is 1. The summed E-state index contributed by atoms with van der Waals surface area (Å²) in [5.41, 5.74) is 7.56. The SMILES string of the molecule is Cc1ccc(C(=N)N)c(SC(C)C)c1. The first-order chi connectivity index (χ1) is 6.50. The van der Waals surface area contributed by atoms with Gasteiger partial charge in [-0.3, -0.25) is 5.41 Å². The highest BCUT2D eigenvalue weighted by Crippen LogP contribution is 2.27. The van der Waals surface area contributed by atoms with Gasteiger partial charge in [-0.25, -0.2) is 0 Å². The van der Waals surface area contributed by atoms with E-state index in [1.807, 2.05) is 19.1 Å². The molecule has 1 rings (SSSR count). The lowest BCUT2D eigenvalue weighted by Gasteiger charge is -2.10. The third kappa shape index (κ3) is 2.77. The fourth-order valence-electron chi connectivity index (χ4n) is 1.20. The molecule has 0 fully saturated rings. The molecule has 0 amide bonds. The molecule has 0 aliphatic carbocycles. The van der Waals surface area contributed by atoms with Gasteiger partial charge in [0, 0.05) is 15.7 Å². The zero-order chi connectivity index (χ0) is 10.7. The van der Waals surface area contributed by atoms with E-state index >= 15 is 0 Å². The molecule has 0 bridgehead atoms. The van der Waals surface area contributed by atoms with Gasteiger partial charge in [0.05, 0.1) is 0 Å². The number of hydrogen-bond acceptors (Lipinski definition) is 2. The monoisotopic (exact) mass is 208 g/mol. The molecule has 0 spiro atoms. The van der Waals surface area contributed by atoms with Gasteiger partial charge in [0.15, 0.2) is 0 Å². The van der Waals surface area contributed by atoms with E-state index in [-0.39, 0.29) is 5.84 Å². The summed E-state index contributed by atoms with van der Waals surface area (Å²) in [7, 11) is 0. The largest absolute Gasteiger partial charge is 0.384 e. The Kier molecular flexibility index (Phi) is 3.58. The summed E-state index contributed by atoms with van der Waals surface area (Å²) in [6.07, 6.45) is 0. The fraction of sp³-hybridized carbons (Fsp3) is 0.364. The molecule has 0 unspecified atom stereocenters. The van der Waals surface area contributed by atoms with Crippen LogP contribution in [0.1, 0.15) is 25.0 Å². The minimum absolute atomic E-state index is 0.146. The molecule has 0 atom stereocenters. The molecule has 0 radical (unpaired) electrons. The summed E-state index contributed by atoms with van der Waals surface area (Å²) >= 11 is 1.75. The molecule has 0 aliphatic heterocycles. The summed E-state index contributed by atoms with van der Waals surface area (Å²) in [6, 6.07) is 5.99. The van der Waals surface area contributed by atoms with Crippen LogP contribution in [0.5, 0.6) is 0 Å². The van der Waals surface area contributed by atoms with Gasteiger partial charge in [0.25, 0.3) is 0 Å². The average Bonchev–Trinajstić information content (AvgIpc) is 2.01. The summed E-state index contributed by atoms with van der Waals surface area (Å²) in [5.74, 6) is 0.146. The average molecular weight is 208 g/mol. The second-order valence-electron chi connectivity index (χ2n) is 3.58. The first-order valence-electron chi connectivity index (χ1n) is 4.62. The van der Waals surface area contributed by atoms with E-state index in [2.05, 4.69) is 19.9 Å². The number of benzene rings is 1. The molecule has 0 saturated carbocycles. The minimum atomic E-state index is 0.146. The van der Waals surface area contributed by atoms with E-state index < -0.39 is 0 Å². The Labute approximate surface area is 89.4 Å². The number of thioether (sulfide) groups is 1. The first-order valence-corrected chi connectivity index (χ1v) is 5.50. The van der Waals surface area contributed by atoms with Crippen LogP contribution in [0.4, 0.5) is 0 Å². The van der Waals surface area contributed by atoms with Crippen LogP contribution in [0.2, 0.25) is 0 Å². The van der Waals surface area contributed by atoms with Crippen molar-refractivity contribution in [1.82, 2.24) is 0 Å². The Balaban J connectivity index is 3.09. The van der Waals surface area contributed by atoms with Gasteiger partial charge >= 0.3 is 0 Å². The van der Waals surface area contributed by atoms with Crippen LogP contribution >= 0.6 is 11.8 Å². The number of amidine groups is 1. The van der Waals surface area contributed by atoms with Crippen molar-refractivity contribution in [3.8, 4) is 0 Å². The smallest absolute Gasteiger partial charge is 0.123 e. The highest BCUT2D eigenvalue weighted by molar-refractivity contribution is 8.00. The van der Waals surface area contributed by atoms with Crippen molar-refractivity contribution in [2.24, 2.45) is 5.73 Å². The number of rotatable bonds is 3. The van der Waals surface area contributed by atoms with Gasteiger partial charge in [-0.2, -0.15) is 0 Å². The summed E-state index contributed by atoms with van der Waals surface area (Å²) < 4.78 is 0. The third-order valence-corrected chi connectivity index (χ3v) is 2.85. The van der Waals surface area contributed by atoms with E-state index in [9.17, 15) is 0 Å². The number of nitrogens with two attached hydrogens (primary N) is 1. The maximum atomic E-state index is 7.46. The van der Waals surface area contributed by atoms with E-state index in [1.54, 1.807) is 11.8 Å².